The van der Waals surface area contributed by atoms with Crippen LogP contribution >= 0.6 is 0 Å². The molecule has 0 aliphatic carbocycles. The second kappa shape index (κ2) is 6.21. The summed E-state index contributed by atoms with van der Waals surface area (Å²) in [6.45, 7) is 0.798. The predicted octanol–water partition coefficient (Wildman–Crippen LogP) is 0.784. The second-order valence-corrected chi connectivity index (χ2v) is 7.66. The lowest BCUT2D eigenvalue weighted by Crippen LogP contribution is -2.49. The van der Waals surface area contributed by atoms with Gasteiger partial charge < -0.3 is 5.32 Å². The fourth-order valence-electron chi connectivity index (χ4n) is 2.69. The molecule has 1 aromatic heterocycles. The van der Waals surface area contributed by atoms with Gasteiger partial charge in [-0.25, -0.2) is 17.7 Å². The summed E-state index contributed by atoms with van der Waals surface area (Å²) in [4.78, 5) is 20.9. The van der Waals surface area contributed by atoms with E-state index in [4.69, 9.17) is 0 Å². The van der Waals surface area contributed by atoms with Crippen molar-refractivity contribution in [3.8, 4) is 0 Å². The summed E-state index contributed by atoms with van der Waals surface area (Å²) in [5.41, 5.74) is 1.62. The third kappa shape index (κ3) is 3.65. The van der Waals surface area contributed by atoms with Gasteiger partial charge in [0.15, 0.2) is 0 Å². The fourth-order valence-corrected chi connectivity index (χ4v) is 3.60. The van der Waals surface area contributed by atoms with E-state index in [-0.39, 0.29) is 17.6 Å². The van der Waals surface area contributed by atoms with Crippen LogP contribution in [-0.2, 0) is 10.0 Å². The topological polar surface area (TPSA) is 92.3 Å². The van der Waals surface area contributed by atoms with E-state index in [0.29, 0.717) is 18.6 Å². The molecule has 122 valence electrons. The molecule has 1 fully saturated rings. The molecule has 8 heteroatoms. The van der Waals surface area contributed by atoms with Crippen LogP contribution in [0.3, 0.4) is 0 Å². The molecule has 0 radical (unpaired) electrons. The average Bonchev–Trinajstić information content (AvgIpc) is 2.54. The number of nitrogens with one attached hydrogen (secondary N) is 1. The number of carbonyl (C=O) groups excluding carboxylic acids is 1. The van der Waals surface area contributed by atoms with Crippen LogP contribution in [0.4, 0.5) is 0 Å². The molecular weight excluding hydrogens is 316 g/mol. The Kier molecular flexibility index (Phi) is 4.27. The Bertz CT molecular complexity index is 837. The number of piperidine rings is 1. The van der Waals surface area contributed by atoms with Crippen molar-refractivity contribution in [1.82, 2.24) is 19.6 Å². The first kappa shape index (κ1) is 15.8. The van der Waals surface area contributed by atoms with Gasteiger partial charge in [0.2, 0.25) is 10.0 Å². The van der Waals surface area contributed by atoms with Gasteiger partial charge in [-0.15, -0.1) is 0 Å². The number of para-hydroxylation sites is 2. The Labute approximate surface area is 134 Å². The molecule has 1 aliphatic heterocycles. The minimum atomic E-state index is -3.23. The number of fused-ring (bicyclic) bond motifs is 1. The van der Waals surface area contributed by atoms with Crippen molar-refractivity contribution < 1.29 is 13.2 Å². The number of amides is 1. The standard InChI is InChI=1S/C15H18N4O3S/c1-23(21,22)19-8-4-5-11(10-19)17-15(20)14-9-16-12-6-2-3-7-13(12)18-14/h2-3,6-7,9,11H,4-5,8,10H2,1H3,(H,17,20). The summed E-state index contributed by atoms with van der Waals surface area (Å²) in [7, 11) is -3.23. The Hall–Kier alpha value is -2.06. The Balaban J connectivity index is 1.72. The molecular formula is C15H18N4O3S. The van der Waals surface area contributed by atoms with Crippen molar-refractivity contribution in [3.63, 3.8) is 0 Å². The maximum absolute atomic E-state index is 12.3. The lowest BCUT2D eigenvalue weighted by atomic mass is 10.1. The summed E-state index contributed by atoms with van der Waals surface area (Å²) in [6, 6.07) is 7.11. The fraction of sp³-hybridized carbons (Fsp3) is 0.400. The number of carbonyl (C=O) groups is 1. The molecule has 1 N–H and O–H groups in total. The quantitative estimate of drug-likeness (QED) is 0.895. The molecule has 1 aliphatic rings. The number of benzene rings is 1. The second-order valence-electron chi connectivity index (χ2n) is 5.68. The minimum Gasteiger partial charge on any atom is -0.347 e. The van der Waals surface area contributed by atoms with E-state index in [1.807, 2.05) is 18.2 Å². The largest absolute Gasteiger partial charge is 0.347 e. The van der Waals surface area contributed by atoms with Gasteiger partial charge in [-0.05, 0) is 25.0 Å². The lowest BCUT2D eigenvalue weighted by Gasteiger charge is -2.31. The smallest absolute Gasteiger partial charge is 0.271 e. The molecule has 0 spiro atoms. The van der Waals surface area contributed by atoms with Crippen molar-refractivity contribution in [2.24, 2.45) is 0 Å². The monoisotopic (exact) mass is 334 g/mol. The average molecular weight is 334 g/mol. The minimum absolute atomic E-state index is 0.209. The summed E-state index contributed by atoms with van der Waals surface area (Å²) in [5.74, 6) is -0.330. The summed E-state index contributed by atoms with van der Waals surface area (Å²) >= 11 is 0. The molecule has 1 saturated heterocycles. The highest BCUT2D eigenvalue weighted by atomic mass is 32.2. The summed E-state index contributed by atoms with van der Waals surface area (Å²) in [5, 5.41) is 2.85. The predicted molar refractivity (Wildman–Crippen MR) is 86.4 cm³/mol. The van der Waals surface area contributed by atoms with Crippen LogP contribution in [0.25, 0.3) is 11.0 Å². The highest BCUT2D eigenvalue weighted by Gasteiger charge is 2.27. The van der Waals surface area contributed by atoms with E-state index in [1.54, 1.807) is 6.07 Å². The van der Waals surface area contributed by atoms with Crippen LogP contribution in [0.5, 0.6) is 0 Å². The van der Waals surface area contributed by atoms with Gasteiger partial charge in [-0.2, -0.15) is 0 Å². The molecule has 3 rings (SSSR count). The van der Waals surface area contributed by atoms with Crippen molar-refractivity contribution in [1.29, 1.82) is 0 Å². The first-order valence-electron chi connectivity index (χ1n) is 7.41. The van der Waals surface area contributed by atoms with Crippen molar-refractivity contribution in [2.45, 2.75) is 18.9 Å². The highest BCUT2D eigenvalue weighted by Crippen LogP contribution is 2.14. The number of rotatable bonds is 3. The van der Waals surface area contributed by atoms with Crippen LogP contribution in [-0.4, -0.2) is 54.0 Å². The Morgan fingerprint density at radius 1 is 1.30 bits per heavy atom. The first-order valence-corrected chi connectivity index (χ1v) is 9.26. The molecule has 1 unspecified atom stereocenters. The first-order chi connectivity index (χ1) is 10.9. The van der Waals surface area contributed by atoms with Crippen LogP contribution in [0.2, 0.25) is 0 Å². The van der Waals surface area contributed by atoms with E-state index in [2.05, 4.69) is 15.3 Å². The maximum atomic E-state index is 12.3. The zero-order chi connectivity index (χ0) is 16.4. The van der Waals surface area contributed by atoms with E-state index in [0.717, 1.165) is 18.4 Å². The summed E-state index contributed by atoms with van der Waals surface area (Å²) < 4.78 is 24.6. The van der Waals surface area contributed by atoms with Crippen LogP contribution in [0.15, 0.2) is 30.5 Å². The van der Waals surface area contributed by atoms with E-state index in [9.17, 15) is 13.2 Å². The molecule has 1 amide bonds. The third-order valence-electron chi connectivity index (χ3n) is 3.87. The zero-order valence-corrected chi connectivity index (χ0v) is 13.6. The number of sulfonamides is 1. The molecule has 0 saturated carbocycles. The Morgan fingerprint density at radius 3 is 2.78 bits per heavy atom. The number of aromatic nitrogens is 2. The zero-order valence-electron chi connectivity index (χ0n) is 12.8. The van der Waals surface area contributed by atoms with E-state index in [1.165, 1.54) is 16.8 Å². The van der Waals surface area contributed by atoms with Crippen molar-refractivity contribution in [3.05, 3.63) is 36.2 Å². The van der Waals surface area contributed by atoms with Crippen LogP contribution in [0.1, 0.15) is 23.3 Å². The van der Waals surface area contributed by atoms with Crippen molar-refractivity contribution in [2.75, 3.05) is 19.3 Å². The molecule has 7 nitrogen and oxygen atoms in total. The van der Waals surface area contributed by atoms with Crippen LogP contribution in [0, 0.1) is 0 Å². The molecule has 2 heterocycles. The van der Waals surface area contributed by atoms with Gasteiger partial charge >= 0.3 is 0 Å². The number of nitrogens with zero attached hydrogens (tertiary/aromatic N) is 3. The van der Waals surface area contributed by atoms with Gasteiger partial charge in [-0.3, -0.25) is 9.78 Å². The van der Waals surface area contributed by atoms with Gasteiger partial charge in [-0.1, -0.05) is 12.1 Å². The molecule has 1 atom stereocenters. The van der Waals surface area contributed by atoms with Gasteiger partial charge in [0.1, 0.15) is 5.69 Å². The third-order valence-corrected chi connectivity index (χ3v) is 5.14. The summed E-state index contributed by atoms with van der Waals surface area (Å²) in [6.07, 6.45) is 4.10. The normalized spacial score (nSPS) is 19.6. The number of hydrogen-bond acceptors (Lipinski definition) is 5. The van der Waals surface area contributed by atoms with Gasteiger partial charge in [0.05, 0.1) is 23.5 Å². The van der Waals surface area contributed by atoms with Crippen molar-refractivity contribution >= 4 is 27.0 Å². The van der Waals surface area contributed by atoms with E-state index < -0.39 is 10.0 Å². The Morgan fingerprint density at radius 2 is 2.04 bits per heavy atom. The SMILES string of the molecule is CS(=O)(=O)N1CCCC(NC(=O)c2cnc3ccccc3n2)C1. The van der Waals surface area contributed by atoms with Gasteiger partial charge in [0.25, 0.3) is 5.91 Å². The van der Waals surface area contributed by atoms with Crippen LogP contribution < -0.4 is 5.32 Å². The lowest BCUT2D eigenvalue weighted by molar-refractivity contribution is 0.0916. The van der Waals surface area contributed by atoms with E-state index >= 15 is 0 Å². The van der Waals surface area contributed by atoms with Gasteiger partial charge in [0, 0.05) is 19.1 Å². The molecule has 23 heavy (non-hydrogen) atoms. The molecule has 0 bridgehead atoms. The molecule has 2 aromatic rings. The molecule has 1 aromatic carbocycles. The number of hydrogen-bond donors (Lipinski definition) is 1. The maximum Gasteiger partial charge on any atom is 0.271 e. The highest BCUT2D eigenvalue weighted by molar-refractivity contribution is 7.88.